The van der Waals surface area contributed by atoms with Crippen molar-refractivity contribution in [3.63, 3.8) is 0 Å². The quantitative estimate of drug-likeness (QED) is 0.373. The minimum atomic E-state index is -0.185. The van der Waals surface area contributed by atoms with Gasteiger partial charge in [0.15, 0.2) is 18.1 Å². The Balaban J connectivity index is 1.59. The molecule has 2 N–H and O–H groups in total. The summed E-state index contributed by atoms with van der Waals surface area (Å²) in [5.74, 6) is 0.971. The Morgan fingerprint density at radius 1 is 0.938 bits per heavy atom. The van der Waals surface area contributed by atoms with Crippen molar-refractivity contribution in [3.8, 4) is 11.5 Å². The third kappa shape index (κ3) is 7.11. The lowest BCUT2D eigenvalue weighted by molar-refractivity contribution is -0.123. The molecule has 0 aliphatic heterocycles. The largest absolute Gasteiger partial charge is 0.490 e. The summed E-state index contributed by atoms with van der Waals surface area (Å²) in [6.45, 7) is 5.61. The highest BCUT2D eigenvalue weighted by Crippen LogP contribution is 2.34. The van der Waals surface area contributed by atoms with Gasteiger partial charge in [-0.25, -0.2) is 0 Å². The number of ether oxygens (including phenoxy) is 2. The molecule has 0 aromatic heterocycles. The van der Waals surface area contributed by atoms with Crippen molar-refractivity contribution in [2.75, 3.05) is 13.2 Å². The van der Waals surface area contributed by atoms with E-state index in [1.54, 1.807) is 0 Å². The summed E-state index contributed by atoms with van der Waals surface area (Å²) in [5, 5.41) is 6.41. The molecule has 0 fully saturated rings. The van der Waals surface area contributed by atoms with E-state index in [-0.39, 0.29) is 18.6 Å². The van der Waals surface area contributed by atoms with Gasteiger partial charge < -0.3 is 20.1 Å². The molecule has 0 saturated heterocycles. The highest BCUT2D eigenvalue weighted by Gasteiger charge is 2.14. The first-order chi connectivity index (χ1) is 15.6. The minimum Gasteiger partial charge on any atom is -0.490 e. The molecule has 0 aliphatic carbocycles. The van der Waals surface area contributed by atoms with E-state index in [1.165, 1.54) is 5.56 Å². The Kier molecular flexibility index (Phi) is 9.13. The van der Waals surface area contributed by atoms with Crippen molar-refractivity contribution >= 4 is 21.8 Å². The minimum absolute atomic E-state index is 0.0814. The smallest absolute Gasteiger partial charge is 0.258 e. The highest BCUT2D eigenvalue weighted by atomic mass is 79.9. The maximum atomic E-state index is 12.2. The monoisotopic (exact) mass is 496 g/mol. The van der Waals surface area contributed by atoms with Crippen LogP contribution in [-0.2, 0) is 17.9 Å². The Morgan fingerprint density at radius 3 is 2.28 bits per heavy atom. The summed E-state index contributed by atoms with van der Waals surface area (Å²) in [6, 6.07) is 24.1. The average molecular weight is 497 g/mol. The van der Waals surface area contributed by atoms with Gasteiger partial charge in [0.05, 0.1) is 6.61 Å². The summed E-state index contributed by atoms with van der Waals surface area (Å²) < 4.78 is 12.5. The van der Waals surface area contributed by atoms with Gasteiger partial charge in [-0.1, -0.05) is 76.6 Å². The van der Waals surface area contributed by atoms with E-state index >= 15 is 0 Å². The molecule has 3 aromatic rings. The number of carbonyl (C=O) groups excluding carboxylic acids is 1. The van der Waals surface area contributed by atoms with Crippen LogP contribution < -0.4 is 20.1 Å². The SMILES string of the molecule is CCOc1cc(CNC(C)c2ccccc2)c(Br)cc1OCC(=O)NCc1ccccc1. The van der Waals surface area contributed by atoms with Crippen LogP contribution >= 0.6 is 15.9 Å². The van der Waals surface area contributed by atoms with Crippen LogP contribution in [-0.4, -0.2) is 19.1 Å². The zero-order valence-electron chi connectivity index (χ0n) is 18.4. The molecule has 0 radical (unpaired) electrons. The molecular weight excluding hydrogens is 468 g/mol. The third-order valence-corrected chi connectivity index (χ3v) is 5.74. The van der Waals surface area contributed by atoms with Gasteiger partial charge in [0.25, 0.3) is 5.91 Å². The molecular formula is C26H29BrN2O3. The van der Waals surface area contributed by atoms with Gasteiger partial charge in [0.1, 0.15) is 0 Å². The number of nitrogens with one attached hydrogen (secondary N) is 2. The van der Waals surface area contributed by atoms with E-state index in [9.17, 15) is 4.79 Å². The molecule has 0 aliphatic rings. The molecule has 6 heteroatoms. The van der Waals surface area contributed by atoms with Crippen molar-refractivity contribution in [2.24, 2.45) is 0 Å². The number of amides is 1. The zero-order valence-corrected chi connectivity index (χ0v) is 20.0. The molecule has 1 amide bonds. The van der Waals surface area contributed by atoms with Crippen LogP contribution in [0.15, 0.2) is 77.3 Å². The number of hydrogen-bond acceptors (Lipinski definition) is 4. The number of benzene rings is 3. The Bertz CT molecular complexity index is 997. The number of halogens is 1. The van der Waals surface area contributed by atoms with E-state index in [1.807, 2.05) is 67.6 Å². The van der Waals surface area contributed by atoms with Crippen LogP contribution in [0.2, 0.25) is 0 Å². The summed E-state index contributed by atoms with van der Waals surface area (Å²) in [7, 11) is 0. The highest BCUT2D eigenvalue weighted by molar-refractivity contribution is 9.10. The van der Waals surface area contributed by atoms with E-state index in [4.69, 9.17) is 9.47 Å². The lowest BCUT2D eigenvalue weighted by Crippen LogP contribution is -2.28. The van der Waals surface area contributed by atoms with Gasteiger partial charge >= 0.3 is 0 Å². The van der Waals surface area contributed by atoms with Gasteiger partial charge in [-0.05, 0) is 42.7 Å². The molecule has 3 rings (SSSR count). The van der Waals surface area contributed by atoms with Crippen LogP contribution in [0.1, 0.15) is 36.6 Å². The van der Waals surface area contributed by atoms with Crippen molar-refractivity contribution in [2.45, 2.75) is 33.0 Å². The first-order valence-corrected chi connectivity index (χ1v) is 11.5. The fourth-order valence-corrected chi connectivity index (χ4v) is 3.67. The molecule has 168 valence electrons. The van der Waals surface area contributed by atoms with Gasteiger partial charge in [-0.2, -0.15) is 0 Å². The van der Waals surface area contributed by atoms with E-state index in [0.717, 1.165) is 15.6 Å². The fourth-order valence-electron chi connectivity index (χ4n) is 3.21. The molecule has 1 atom stereocenters. The van der Waals surface area contributed by atoms with Crippen LogP contribution in [0.25, 0.3) is 0 Å². The van der Waals surface area contributed by atoms with Crippen LogP contribution in [0.4, 0.5) is 0 Å². The lowest BCUT2D eigenvalue weighted by Gasteiger charge is -2.18. The second-order valence-corrected chi connectivity index (χ2v) is 8.24. The molecule has 0 saturated carbocycles. The second kappa shape index (κ2) is 12.3. The first kappa shape index (κ1) is 23.8. The number of hydrogen-bond donors (Lipinski definition) is 2. The molecule has 0 bridgehead atoms. The van der Waals surface area contributed by atoms with Crippen molar-refractivity contribution in [1.29, 1.82) is 0 Å². The van der Waals surface area contributed by atoms with E-state index in [2.05, 4.69) is 45.6 Å². The molecule has 0 spiro atoms. The Labute approximate surface area is 198 Å². The van der Waals surface area contributed by atoms with Crippen LogP contribution in [0.3, 0.4) is 0 Å². The number of carbonyl (C=O) groups is 1. The van der Waals surface area contributed by atoms with Gasteiger partial charge in [-0.15, -0.1) is 0 Å². The predicted molar refractivity (Wildman–Crippen MR) is 131 cm³/mol. The van der Waals surface area contributed by atoms with Crippen LogP contribution in [0, 0.1) is 0 Å². The Hall–Kier alpha value is -2.83. The maximum Gasteiger partial charge on any atom is 0.258 e. The zero-order chi connectivity index (χ0) is 22.8. The predicted octanol–water partition coefficient (Wildman–Crippen LogP) is 5.39. The lowest BCUT2D eigenvalue weighted by atomic mass is 10.1. The van der Waals surface area contributed by atoms with Crippen molar-refractivity contribution in [1.82, 2.24) is 10.6 Å². The molecule has 0 heterocycles. The van der Waals surface area contributed by atoms with Gasteiger partial charge in [0, 0.05) is 23.6 Å². The van der Waals surface area contributed by atoms with Crippen LogP contribution in [0.5, 0.6) is 11.5 Å². The van der Waals surface area contributed by atoms with Gasteiger partial charge in [0.2, 0.25) is 0 Å². The second-order valence-electron chi connectivity index (χ2n) is 7.39. The molecule has 1 unspecified atom stereocenters. The van der Waals surface area contributed by atoms with Gasteiger partial charge in [-0.3, -0.25) is 4.79 Å². The topological polar surface area (TPSA) is 59.6 Å². The summed E-state index contributed by atoms with van der Waals surface area (Å²) in [5.41, 5.74) is 3.33. The summed E-state index contributed by atoms with van der Waals surface area (Å²) >= 11 is 3.63. The maximum absolute atomic E-state index is 12.2. The standard InChI is InChI=1S/C26H29BrN2O3/c1-3-31-24-14-22(17-28-19(2)21-12-8-5-9-13-21)23(27)15-25(24)32-18-26(30)29-16-20-10-6-4-7-11-20/h4-15,19,28H,3,16-18H2,1-2H3,(H,29,30). The summed E-state index contributed by atoms with van der Waals surface area (Å²) in [6.07, 6.45) is 0. The normalized spacial score (nSPS) is 11.6. The molecule has 32 heavy (non-hydrogen) atoms. The fraction of sp³-hybridized carbons (Fsp3) is 0.269. The van der Waals surface area contributed by atoms with E-state index < -0.39 is 0 Å². The summed E-state index contributed by atoms with van der Waals surface area (Å²) in [4.78, 5) is 12.2. The average Bonchev–Trinajstić information content (AvgIpc) is 2.83. The Morgan fingerprint density at radius 2 is 1.59 bits per heavy atom. The number of rotatable bonds is 11. The van der Waals surface area contributed by atoms with E-state index in [0.29, 0.717) is 31.2 Å². The molecule has 5 nitrogen and oxygen atoms in total. The molecule has 3 aromatic carbocycles. The van der Waals surface area contributed by atoms with Crippen molar-refractivity contribution < 1.29 is 14.3 Å². The van der Waals surface area contributed by atoms with Crippen molar-refractivity contribution in [3.05, 3.63) is 94.0 Å². The third-order valence-electron chi connectivity index (χ3n) is 5.00. The first-order valence-electron chi connectivity index (χ1n) is 10.7.